The van der Waals surface area contributed by atoms with Gasteiger partial charge in [0.1, 0.15) is 5.82 Å². The third kappa shape index (κ3) is 5.12. The van der Waals surface area contributed by atoms with E-state index >= 15 is 0 Å². The van der Waals surface area contributed by atoms with Crippen molar-refractivity contribution in [2.24, 2.45) is 11.8 Å². The summed E-state index contributed by atoms with van der Waals surface area (Å²) in [5, 5.41) is 3.47. The minimum atomic E-state index is 0.685. The Morgan fingerprint density at radius 2 is 2.15 bits per heavy atom. The summed E-state index contributed by atoms with van der Waals surface area (Å²) < 4.78 is 0. The third-order valence-corrected chi connectivity index (χ3v) is 3.64. The molecule has 0 radical (unpaired) electrons. The number of aromatic nitrogens is 1. The van der Waals surface area contributed by atoms with Crippen molar-refractivity contribution in [3.63, 3.8) is 0 Å². The largest absolute Gasteiger partial charge is 0.356 e. The van der Waals surface area contributed by atoms with E-state index in [0.29, 0.717) is 5.92 Å². The van der Waals surface area contributed by atoms with Gasteiger partial charge in [0.15, 0.2) is 0 Å². The Hall–Kier alpha value is -1.09. The van der Waals surface area contributed by atoms with Crippen molar-refractivity contribution >= 4 is 5.82 Å². The fraction of sp³-hybridized carbons (Fsp3) is 0.706. The van der Waals surface area contributed by atoms with Gasteiger partial charge in [-0.3, -0.25) is 0 Å². The highest BCUT2D eigenvalue weighted by Gasteiger charge is 2.24. The van der Waals surface area contributed by atoms with Crippen LogP contribution in [-0.2, 0) is 6.54 Å². The molecule has 1 aromatic rings. The Bertz CT molecular complexity index is 399. The molecule has 1 heterocycles. The summed E-state index contributed by atoms with van der Waals surface area (Å²) >= 11 is 0. The summed E-state index contributed by atoms with van der Waals surface area (Å²) in [5.41, 5.74) is 1.15. The van der Waals surface area contributed by atoms with E-state index in [2.05, 4.69) is 49.2 Å². The first kappa shape index (κ1) is 15.3. The lowest BCUT2D eigenvalue weighted by atomic mass is 10.2. The van der Waals surface area contributed by atoms with Gasteiger partial charge in [-0.1, -0.05) is 26.8 Å². The van der Waals surface area contributed by atoms with E-state index in [9.17, 15) is 0 Å². The zero-order chi connectivity index (χ0) is 14.4. The second-order valence-corrected chi connectivity index (χ2v) is 6.40. The molecule has 0 amide bonds. The van der Waals surface area contributed by atoms with Crippen LogP contribution in [0.5, 0.6) is 0 Å². The smallest absolute Gasteiger partial charge is 0.128 e. The van der Waals surface area contributed by atoms with Crippen LogP contribution in [0.15, 0.2) is 18.2 Å². The zero-order valence-electron chi connectivity index (χ0n) is 13.2. The van der Waals surface area contributed by atoms with Crippen LogP contribution in [0.2, 0.25) is 0 Å². The Morgan fingerprint density at radius 1 is 1.35 bits per heavy atom. The maximum absolute atomic E-state index is 4.83. The molecule has 1 saturated carbocycles. The van der Waals surface area contributed by atoms with E-state index in [1.165, 1.54) is 25.8 Å². The van der Waals surface area contributed by atoms with Gasteiger partial charge in [0, 0.05) is 19.6 Å². The predicted molar refractivity (Wildman–Crippen MR) is 86.0 cm³/mol. The Balaban J connectivity index is 1.94. The van der Waals surface area contributed by atoms with Gasteiger partial charge in [0.2, 0.25) is 0 Å². The normalized spacial score (nSPS) is 14.8. The lowest BCUT2D eigenvalue weighted by Crippen LogP contribution is -2.28. The summed E-state index contributed by atoms with van der Waals surface area (Å²) in [6.45, 7) is 10.9. The molecule has 2 rings (SSSR count). The van der Waals surface area contributed by atoms with Crippen LogP contribution in [0.4, 0.5) is 5.82 Å². The first-order valence-electron chi connectivity index (χ1n) is 8.10. The standard InChI is InChI=1S/C17H29N3/c1-4-10-20(13-15-8-9-15)17-7-5-6-16(19-17)12-18-11-14(2)3/h5-7,14-15,18H,4,8-13H2,1-3H3. The predicted octanol–water partition coefficient (Wildman–Crippen LogP) is 3.45. The van der Waals surface area contributed by atoms with Gasteiger partial charge in [0.05, 0.1) is 5.69 Å². The second-order valence-electron chi connectivity index (χ2n) is 6.40. The minimum Gasteiger partial charge on any atom is -0.356 e. The molecule has 0 atom stereocenters. The molecule has 3 nitrogen and oxygen atoms in total. The van der Waals surface area contributed by atoms with Gasteiger partial charge in [-0.25, -0.2) is 4.98 Å². The van der Waals surface area contributed by atoms with Crippen molar-refractivity contribution < 1.29 is 0 Å². The summed E-state index contributed by atoms with van der Waals surface area (Å²) in [5.74, 6) is 2.75. The van der Waals surface area contributed by atoms with Gasteiger partial charge in [-0.05, 0) is 49.8 Å². The number of anilines is 1. The fourth-order valence-corrected chi connectivity index (χ4v) is 2.41. The van der Waals surface area contributed by atoms with Gasteiger partial charge >= 0.3 is 0 Å². The van der Waals surface area contributed by atoms with Gasteiger partial charge < -0.3 is 10.2 Å². The van der Waals surface area contributed by atoms with Crippen molar-refractivity contribution in [3.05, 3.63) is 23.9 Å². The lowest BCUT2D eigenvalue weighted by Gasteiger charge is -2.23. The van der Waals surface area contributed by atoms with Crippen molar-refractivity contribution in [3.8, 4) is 0 Å². The molecule has 0 unspecified atom stereocenters. The van der Waals surface area contributed by atoms with Crippen molar-refractivity contribution in [2.45, 2.75) is 46.6 Å². The van der Waals surface area contributed by atoms with E-state index in [1.807, 2.05) is 0 Å². The molecule has 0 aromatic carbocycles. The highest BCUT2D eigenvalue weighted by Crippen LogP contribution is 2.31. The minimum absolute atomic E-state index is 0.685. The Labute approximate surface area is 123 Å². The number of hydrogen-bond donors (Lipinski definition) is 1. The van der Waals surface area contributed by atoms with E-state index in [1.54, 1.807) is 0 Å². The van der Waals surface area contributed by atoms with Crippen LogP contribution < -0.4 is 10.2 Å². The SMILES string of the molecule is CCCN(CC1CC1)c1cccc(CNCC(C)C)n1. The molecule has 1 aliphatic rings. The molecule has 0 saturated heterocycles. The number of nitrogens with one attached hydrogen (secondary N) is 1. The topological polar surface area (TPSA) is 28.2 Å². The number of nitrogens with zero attached hydrogens (tertiary/aromatic N) is 2. The second kappa shape index (κ2) is 7.63. The van der Waals surface area contributed by atoms with Gasteiger partial charge in [-0.2, -0.15) is 0 Å². The molecule has 1 aromatic heterocycles. The summed E-state index contributed by atoms with van der Waals surface area (Å²) in [4.78, 5) is 7.29. The maximum atomic E-state index is 4.83. The molecule has 1 N–H and O–H groups in total. The lowest BCUT2D eigenvalue weighted by molar-refractivity contribution is 0.548. The van der Waals surface area contributed by atoms with E-state index in [-0.39, 0.29) is 0 Å². The van der Waals surface area contributed by atoms with Gasteiger partial charge in [-0.15, -0.1) is 0 Å². The van der Waals surface area contributed by atoms with Crippen molar-refractivity contribution in [1.29, 1.82) is 0 Å². The number of pyridine rings is 1. The summed E-state index contributed by atoms with van der Waals surface area (Å²) in [6, 6.07) is 6.42. The molecule has 0 bridgehead atoms. The molecule has 1 fully saturated rings. The molecule has 0 aliphatic heterocycles. The fourth-order valence-electron chi connectivity index (χ4n) is 2.41. The number of rotatable bonds is 9. The molecule has 3 heteroatoms. The first-order chi connectivity index (χ1) is 9.69. The average Bonchev–Trinajstić information content (AvgIpc) is 3.22. The van der Waals surface area contributed by atoms with Crippen molar-refractivity contribution in [2.75, 3.05) is 24.5 Å². The molecule has 20 heavy (non-hydrogen) atoms. The van der Waals surface area contributed by atoms with Crippen molar-refractivity contribution in [1.82, 2.24) is 10.3 Å². The highest BCUT2D eigenvalue weighted by atomic mass is 15.2. The van der Waals surface area contributed by atoms with Crippen LogP contribution in [0.3, 0.4) is 0 Å². The molecule has 1 aliphatic carbocycles. The average molecular weight is 275 g/mol. The molecule has 0 spiro atoms. The van der Waals surface area contributed by atoms with E-state index in [4.69, 9.17) is 4.98 Å². The van der Waals surface area contributed by atoms with Crippen LogP contribution in [0.25, 0.3) is 0 Å². The van der Waals surface area contributed by atoms with E-state index < -0.39 is 0 Å². The molecule has 112 valence electrons. The summed E-state index contributed by atoms with van der Waals surface area (Å²) in [6.07, 6.45) is 3.98. The van der Waals surface area contributed by atoms with Gasteiger partial charge in [0.25, 0.3) is 0 Å². The van der Waals surface area contributed by atoms with Crippen LogP contribution in [0, 0.1) is 11.8 Å². The Morgan fingerprint density at radius 3 is 2.80 bits per heavy atom. The quantitative estimate of drug-likeness (QED) is 0.748. The third-order valence-electron chi connectivity index (χ3n) is 3.64. The van der Waals surface area contributed by atoms with Crippen LogP contribution >= 0.6 is 0 Å². The first-order valence-corrected chi connectivity index (χ1v) is 8.10. The van der Waals surface area contributed by atoms with E-state index in [0.717, 1.165) is 37.1 Å². The van der Waals surface area contributed by atoms with Crippen LogP contribution in [0.1, 0.15) is 45.7 Å². The zero-order valence-corrected chi connectivity index (χ0v) is 13.2. The number of hydrogen-bond acceptors (Lipinski definition) is 3. The summed E-state index contributed by atoms with van der Waals surface area (Å²) in [7, 11) is 0. The Kier molecular flexibility index (Phi) is 5.84. The maximum Gasteiger partial charge on any atom is 0.128 e. The highest BCUT2D eigenvalue weighted by molar-refractivity contribution is 5.39. The molecular weight excluding hydrogens is 246 g/mol. The monoisotopic (exact) mass is 275 g/mol. The van der Waals surface area contributed by atoms with Crippen LogP contribution in [-0.4, -0.2) is 24.6 Å². The molecular formula is C17H29N3.